The van der Waals surface area contributed by atoms with Gasteiger partial charge in [-0.3, -0.25) is 4.98 Å². The first-order valence-corrected chi connectivity index (χ1v) is 8.39. The van der Waals surface area contributed by atoms with E-state index >= 15 is 0 Å². The van der Waals surface area contributed by atoms with E-state index in [4.69, 9.17) is 5.73 Å². The Morgan fingerprint density at radius 3 is 2.24 bits per heavy atom. The third-order valence-electron chi connectivity index (χ3n) is 3.98. The summed E-state index contributed by atoms with van der Waals surface area (Å²) in [5, 5.41) is 0. The molecule has 0 aliphatic carbocycles. The van der Waals surface area contributed by atoms with E-state index < -0.39 is 0 Å². The molecule has 2 aromatic rings. The van der Waals surface area contributed by atoms with E-state index in [1.807, 2.05) is 11.7 Å². The minimum atomic E-state index is 0.156. The first-order valence-electron chi connectivity index (χ1n) is 7.51. The Bertz CT molecular complexity index is 571. The van der Waals surface area contributed by atoms with Gasteiger partial charge in [0.05, 0.1) is 5.51 Å². The summed E-state index contributed by atoms with van der Waals surface area (Å²) in [5.41, 5.74) is 13.9. The van der Waals surface area contributed by atoms with Crippen LogP contribution in [0.1, 0.15) is 47.9 Å². The van der Waals surface area contributed by atoms with Crippen molar-refractivity contribution in [3.63, 3.8) is 0 Å². The van der Waals surface area contributed by atoms with Crippen LogP contribution < -0.4 is 5.73 Å². The number of hydrogen-bond donors (Lipinski definition) is 1. The molecular weight excluding hydrogens is 276 g/mol. The van der Waals surface area contributed by atoms with Gasteiger partial charge in [0.1, 0.15) is 0 Å². The second kappa shape index (κ2) is 6.29. The summed E-state index contributed by atoms with van der Waals surface area (Å²) in [6.45, 7) is 11.2. The fourth-order valence-corrected chi connectivity index (χ4v) is 3.37. The number of nitrogens with zero attached hydrogens (tertiary/aromatic N) is 1. The highest BCUT2D eigenvalue weighted by Gasteiger charge is 2.17. The van der Waals surface area contributed by atoms with Crippen molar-refractivity contribution in [3.05, 3.63) is 51.0 Å². The lowest BCUT2D eigenvalue weighted by Crippen LogP contribution is -2.26. The summed E-state index contributed by atoms with van der Waals surface area (Å²) in [7, 11) is 0. The van der Waals surface area contributed by atoms with Gasteiger partial charge in [0.25, 0.3) is 0 Å². The van der Waals surface area contributed by atoms with Crippen molar-refractivity contribution in [2.75, 3.05) is 0 Å². The van der Waals surface area contributed by atoms with E-state index in [1.54, 1.807) is 11.3 Å². The molecule has 0 aliphatic heterocycles. The van der Waals surface area contributed by atoms with Gasteiger partial charge in [-0.2, -0.15) is 0 Å². The van der Waals surface area contributed by atoms with E-state index in [9.17, 15) is 0 Å². The van der Waals surface area contributed by atoms with Gasteiger partial charge in [-0.25, -0.2) is 0 Å². The van der Waals surface area contributed by atoms with Crippen LogP contribution in [0.3, 0.4) is 0 Å². The first-order chi connectivity index (χ1) is 9.77. The number of nitrogens with two attached hydrogens (primary N) is 1. The molecule has 1 atom stereocenters. The van der Waals surface area contributed by atoms with Crippen molar-refractivity contribution in [1.82, 2.24) is 4.98 Å². The van der Waals surface area contributed by atoms with Gasteiger partial charge in [-0.05, 0) is 54.4 Å². The van der Waals surface area contributed by atoms with E-state index in [0.717, 1.165) is 12.8 Å². The van der Waals surface area contributed by atoms with Crippen molar-refractivity contribution in [2.24, 2.45) is 5.73 Å². The van der Waals surface area contributed by atoms with Crippen LogP contribution in [0.25, 0.3) is 0 Å². The molecule has 0 amide bonds. The predicted molar refractivity (Wildman–Crippen MR) is 92.1 cm³/mol. The van der Waals surface area contributed by atoms with Crippen LogP contribution in [-0.2, 0) is 18.3 Å². The van der Waals surface area contributed by atoms with Gasteiger partial charge >= 0.3 is 0 Å². The molecule has 1 aromatic carbocycles. The summed E-state index contributed by atoms with van der Waals surface area (Å²) < 4.78 is 0. The van der Waals surface area contributed by atoms with Crippen LogP contribution in [0.4, 0.5) is 0 Å². The molecule has 0 bridgehead atoms. The van der Waals surface area contributed by atoms with Crippen LogP contribution in [0.2, 0.25) is 0 Å². The number of thiazole rings is 1. The molecule has 0 aliphatic rings. The molecule has 0 saturated carbocycles. The third kappa shape index (κ3) is 4.14. The molecule has 3 heteroatoms. The fraction of sp³-hybridized carbons (Fsp3) is 0.500. The lowest BCUT2D eigenvalue weighted by Gasteiger charge is -2.23. The summed E-state index contributed by atoms with van der Waals surface area (Å²) >= 11 is 1.68. The summed E-state index contributed by atoms with van der Waals surface area (Å²) in [6, 6.07) is 4.80. The number of aromatic nitrogens is 1. The molecule has 114 valence electrons. The Balaban J connectivity index is 2.17. The third-order valence-corrected chi connectivity index (χ3v) is 4.78. The standard InChI is InChI=1S/C18H26N2S/c1-12-6-14(18(3,4)5)7-13(2)17(12)9-15(19)8-16-10-20-11-21-16/h6-7,10-11,15H,8-9,19H2,1-5H3. The molecule has 2 nitrogen and oxygen atoms in total. The summed E-state index contributed by atoms with van der Waals surface area (Å²) in [4.78, 5) is 5.39. The number of hydrogen-bond acceptors (Lipinski definition) is 3. The van der Waals surface area contributed by atoms with E-state index in [-0.39, 0.29) is 11.5 Å². The lowest BCUT2D eigenvalue weighted by molar-refractivity contribution is 0.587. The topological polar surface area (TPSA) is 38.9 Å². The number of aryl methyl sites for hydroxylation is 2. The molecule has 2 rings (SSSR count). The minimum absolute atomic E-state index is 0.156. The van der Waals surface area contributed by atoms with Gasteiger partial charge in [-0.15, -0.1) is 11.3 Å². The Morgan fingerprint density at radius 2 is 1.76 bits per heavy atom. The molecular formula is C18H26N2S. The van der Waals surface area contributed by atoms with Crippen molar-refractivity contribution >= 4 is 11.3 Å². The molecule has 1 aromatic heterocycles. The van der Waals surface area contributed by atoms with Crippen molar-refractivity contribution in [1.29, 1.82) is 0 Å². The largest absolute Gasteiger partial charge is 0.327 e. The second-order valence-corrected chi connectivity index (χ2v) is 7.95. The van der Waals surface area contributed by atoms with Gasteiger partial charge < -0.3 is 5.73 Å². The Hall–Kier alpha value is -1.19. The zero-order valence-electron chi connectivity index (χ0n) is 13.7. The zero-order chi connectivity index (χ0) is 15.6. The second-order valence-electron chi connectivity index (χ2n) is 6.97. The van der Waals surface area contributed by atoms with Crippen LogP contribution in [0, 0.1) is 13.8 Å². The molecule has 0 spiro atoms. The highest BCUT2D eigenvalue weighted by Crippen LogP contribution is 2.27. The maximum Gasteiger partial charge on any atom is 0.0794 e. The van der Waals surface area contributed by atoms with Gasteiger partial charge in [0.15, 0.2) is 0 Å². The van der Waals surface area contributed by atoms with Crippen LogP contribution in [0.15, 0.2) is 23.8 Å². The Morgan fingerprint density at radius 1 is 1.14 bits per heavy atom. The fourth-order valence-electron chi connectivity index (χ4n) is 2.68. The average Bonchev–Trinajstić information content (AvgIpc) is 2.85. The Labute approximate surface area is 132 Å². The molecule has 1 heterocycles. The molecule has 0 fully saturated rings. The molecule has 0 saturated heterocycles. The van der Waals surface area contributed by atoms with Crippen LogP contribution >= 0.6 is 11.3 Å². The highest BCUT2D eigenvalue weighted by molar-refractivity contribution is 7.09. The van der Waals surface area contributed by atoms with Gasteiger partial charge in [0.2, 0.25) is 0 Å². The summed E-state index contributed by atoms with van der Waals surface area (Å²) in [5.74, 6) is 0. The van der Waals surface area contributed by atoms with Crippen LogP contribution in [0.5, 0.6) is 0 Å². The molecule has 2 N–H and O–H groups in total. The monoisotopic (exact) mass is 302 g/mol. The lowest BCUT2D eigenvalue weighted by atomic mass is 9.83. The Kier molecular flexibility index (Phi) is 4.84. The average molecular weight is 302 g/mol. The SMILES string of the molecule is Cc1cc(C(C)(C)C)cc(C)c1CC(N)Cc1cncs1. The molecule has 1 unspecified atom stereocenters. The maximum atomic E-state index is 6.34. The zero-order valence-corrected chi connectivity index (χ0v) is 14.6. The molecule has 21 heavy (non-hydrogen) atoms. The molecule has 0 radical (unpaired) electrons. The van der Waals surface area contributed by atoms with Gasteiger partial charge in [-0.1, -0.05) is 32.9 Å². The predicted octanol–water partition coefficient (Wildman–Crippen LogP) is 4.17. The number of benzene rings is 1. The van der Waals surface area contributed by atoms with Crippen molar-refractivity contribution in [3.8, 4) is 0 Å². The van der Waals surface area contributed by atoms with Crippen molar-refractivity contribution in [2.45, 2.75) is 58.9 Å². The quantitative estimate of drug-likeness (QED) is 0.920. The van der Waals surface area contributed by atoms with Crippen molar-refractivity contribution < 1.29 is 0 Å². The summed E-state index contributed by atoms with van der Waals surface area (Å²) in [6.07, 6.45) is 3.76. The van der Waals surface area contributed by atoms with Crippen LogP contribution in [-0.4, -0.2) is 11.0 Å². The van der Waals surface area contributed by atoms with Gasteiger partial charge in [0, 0.05) is 17.1 Å². The highest BCUT2D eigenvalue weighted by atomic mass is 32.1. The normalized spacial score (nSPS) is 13.4. The van der Waals surface area contributed by atoms with E-state index in [1.165, 1.54) is 27.1 Å². The number of rotatable bonds is 4. The smallest absolute Gasteiger partial charge is 0.0794 e. The minimum Gasteiger partial charge on any atom is -0.327 e. The maximum absolute atomic E-state index is 6.34. The van der Waals surface area contributed by atoms with E-state index in [2.05, 4.69) is 51.7 Å². The van der Waals surface area contributed by atoms with E-state index in [0.29, 0.717) is 0 Å². The first kappa shape index (κ1) is 16.2.